The largest absolute Gasteiger partial charge is 0.309 e. The molecule has 0 fully saturated rings. The second-order valence-electron chi connectivity index (χ2n) is 15.4. The summed E-state index contributed by atoms with van der Waals surface area (Å²) in [5.74, 6) is 0. The number of hydrogen-bond acceptors (Lipinski definition) is 0. The van der Waals surface area contributed by atoms with Gasteiger partial charge in [-0.05, 0) is 93.0 Å². The fraction of sp³-hybridized carbons (Fsp3) is 0.125. The van der Waals surface area contributed by atoms with Crippen molar-refractivity contribution in [3.05, 3.63) is 168 Å². The van der Waals surface area contributed by atoms with Crippen LogP contribution in [-0.4, -0.2) is 9.13 Å². The number of rotatable bonds is 2. The van der Waals surface area contributed by atoms with E-state index < -0.39 is 0 Å². The van der Waals surface area contributed by atoms with E-state index in [9.17, 15) is 0 Å². The lowest BCUT2D eigenvalue weighted by Gasteiger charge is -2.40. The first-order valence-corrected chi connectivity index (χ1v) is 17.8. The Kier molecular flexibility index (Phi) is 5.28. The van der Waals surface area contributed by atoms with Gasteiger partial charge >= 0.3 is 0 Å². The normalized spacial score (nSPS) is 15.1. The zero-order valence-electron chi connectivity index (χ0n) is 28.8. The van der Waals surface area contributed by atoms with Crippen LogP contribution in [-0.2, 0) is 10.8 Å². The van der Waals surface area contributed by atoms with Gasteiger partial charge in [0.05, 0.1) is 33.4 Å². The van der Waals surface area contributed by atoms with Crippen molar-refractivity contribution in [2.45, 2.75) is 38.5 Å². The van der Waals surface area contributed by atoms with Crippen molar-refractivity contribution >= 4 is 43.6 Å². The highest BCUT2D eigenvalue weighted by Crippen LogP contribution is 2.54. The number of aromatic nitrogens is 2. The van der Waals surface area contributed by atoms with Gasteiger partial charge in [-0.1, -0.05) is 125 Å². The highest BCUT2D eigenvalue weighted by molar-refractivity contribution is 6.14. The molecular weight excluding hydrogens is 605 g/mol. The van der Waals surface area contributed by atoms with Gasteiger partial charge in [-0.15, -0.1) is 0 Å². The maximum absolute atomic E-state index is 2.57. The molecule has 0 saturated carbocycles. The molecule has 2 heteroatoms. The maximum atomic E-state index is 2.57. The minimum atomic E-state index is -0.235. The molecule has 11 rings (SSSR count). The van der Waals surface area contributed by atoms with E-state index in [-0.39, 0.29) is 10.8 Å². The van der Waals surface area contributed by atoms with Crippen LogP contribution < -0.4 is 0 Å². The molecule has 0 radical (unpaired) electrons. The maximum Gasteiger partial charge on any atom is 0.0582 e. The molecule has 0 bridgehead atoms. The third-order valence-electron chi connectivity index (χ3n) is 12.0. The minimum absolute atomic E-state index is 0.235. The molecule has 50 heavy (non-hydrogen) atoms. The fourth-order valence-electron chi connectivity index (χ4n) is 9.48. The van der Waals surface area contributed by atoms with Crippen LogP contribution in [0.2, 0.25) is 0 Å². The molecule has 9 aromatic rings. The molecule has 2 aliphatic heterocycles. The zero-order chi connectivity index (χ0) is 33.5. The fourth-order valence-corrected chi connectivity index (χ4v) is 9.48. The lowest BCUT2D eigenvalue weighted by molar-refractivity contribution is 0.610. The molecule has 2 aliphatic rings. The Bertz CT molecular complexity index is 2700. The predicted octanol–water partition coefficient (Wildman–Crippen LogP) is 12.5. The Morgan fingerprint density at radius 3 is 1.14 bits per heavy atom. The monoisotopic (exact) mass is 640 g/mol. The van der Waals surface area contributed by atoms with E-state index in [1.807, 2.05) is 0 Å². The van der Waals surface area contributed by atoms with Crippen LogP contribution >= 0.6 is 0 Å². The van der Waals surface area contributed by atoms with Crippen LogP contribution in [0, 0.1) is 0 Å². The molecule has 0 amide bonds. The van der Waals surface area contributed by atoms with E-state index in [0.29, 0.717) is 0 Å². The summed E-state index contributed by atoms with van der Waals surface area (Å²) in [5, 5.41) is 5.25. The molecule has 0 atom stereocenters. The van der Waals surface area contributed by atoms with Crippen LogP contribution in [0.15, 0.2) is 146 Å². The van der Waals surface area contributed by atoms with E-state index in [0.717, 1.165) is 0 Å². The molecule has 0 saturated heterocycles. The summed E-state index contributed by atoms with van der Waals surface area (Å²) >= 11 is 0. The summed E-state index contributed by atoms with van der Waals surface area (Å²) in [7, 11) is 0. The average molecular weight is 641 g/mol. The van der Waals surface area contributed by atoms with E-state index in [2.05, 4.69) is 182 Å². The number of nitrogens with zero attached hydrogens (tertiary/aromatic N) is 2. The van der Waals surface area contributed by atoms with E-state index >= 15 is 0 Å². The SMILES string of the molecule is CC1(C)c2cc3c(cc2-n2c4ccccc4c4cc(-c5ccccc5)cc1c42)C(C)(C)c1cc(-c2ccccc2)cc2c4ccccc4n-3c12. The summed E-state index contributed by atoms with van der Waals surface area (Å²) in [6.45, 7) is 9.72. The third kappa shape index (κ3) is 3.43. The molecule has 2 aromatic heterocycles. The van der Waals surface area contributed by atoms with Crippen molar-refractivity contribution in [1.29, 1.82) is 0 Å². The molecule has 7 aromatic carbocycles. The van der Waals surface area contributed by atoms with Gasteiger partial charge in [0.1, 0.15) is 0 Å². The van der Waals surface area contributed by atoms with Gasteiger partial charge in [-0.3, -0.25) is 0 Å². The van der Waals surface area contributed by atoms with Gasteiger partial charge in [0.25, 0.3) is 0 Å². The predicted molar refractivity (Wildman–Crippen MR) is 210 cm³/mol. The molecular formula is C48H36N2. The van der Waals surface area contributed by atoms with Crippen molar-refractivity contribution in [3.63, 3.8) is 0 Å². The van der Waals surface area contributed by atoms with Gasteiger partial charge in [-0.2, -0.15) is 0 Å². The topological polar surface area (TPSA) is 9.86 Å². The molecule has 0 N–H and O–H groups in total. The first-order valence-electron chi connectivity index (χ1n) is 17.8. The average Bonchev–Trinajstić information content (AvgIpc) is 3.66. The standard InChI is InChI=1S/C48H36N2/c1-47(2)37-27-44-38(28-43(37)49-41-21-13-11-19-33(41)35-23-31(25-39(47)45(35)49)29-15-7-5-8-16-29)48(3,4)40-26-32(30-17-9-6-10-18-30)24-36-34-20-12-14-22-42(34)50(44)46(36)40/h5-28H,1-4H3. The summed E-state index contributed by atoms with van der Waals surface area (Å²) in [5.41, 5.74) is 17.8. The first-order chi connectivity index (χ1) is 24.3. The number of benzene rings is 7. The smallest absolute Gasteiger partial charge is 0.0582 e. The molecule has 4 heterocycles. The van der Waals surface area contributed by atoms with Gasteiger partial charge < -0.3 is 9.13 Å². The van der Waals surface area contributed by atoms with E-state index in [1.54, 1.807) is 0 Å². The second-order valence-corrected chi connectivity index (χ2v) is 15.4. The number of para-hydroxylation sites is 2. The molecule has 238 valence electrons. The molecule has 2 nitrogen and oxygen atoms in total. The highest BCUT2D eigenvalue weighted by atomic mass is 15.0. The summed E-state index contributed by atoms with van der Waals surface area (Å²) < 4.78 is 5.15. The first kappa shape index (κ1) is 28.0. The van der Waals surface area contributed by atoms with Crippen molar-refractivity contribution in [1.82, 2.24) is 9.13 Å². The van der Waals surface area contributed by atoms with Crippen LogP contribution in [0.1, 0.15) is 49.9 Å². The summed E-state index contributed by atoms with van der Waals surface area (Å²) in [4.78, 5) is 0. The Morgan fingerprint density at radius 2 is 0.720 bits per heavy atom. The van der Waals surface area contributed by atoms with Gasteiger partial charge in [0.2, 0.25) is 0 Å². The van der Waals surface area contributed by atoms with Crippen LogP contribution in [0.5, 0.6) is 0 Å². The van der Waals surface area contributed by atoms with Gasteiger partial charge in [0.15, 0.2) is 0 Å². The van der Waals surface area contributed by atoms with Crippen molar-refractivity contribution in [3.8, 4) is 33.6 Å². The number of hydrogen-bond donors (Lipinski definition) is 0. The van der Waals surface area contributed by atoms with Crippen molar-refractivity contribution < 1.29 is 0 Å². The van der Waals surface area contributed by atoms with Crippen LogP contribution in [0.25, 0.3) is 77.2 Å². The second kappa shape index (κ2) is 9.43. The Labute approximate surface area is 291 Å². The molecule has 0 spiro atoms. The Balaban J connectivity index is 1.27. The van der Waals surface area contributed by atoms with Crippen molar-refractivity contribution in [2.75, 3.05) is 0 Å². The highest BCUT2D eigenvalue weighted by Gasteiger charge is 2.41. The molecule has 0 aliphatic carbocycles. The quantitative estimate of drug-likeness (QED) is 0.178. The van der Waals surface area contributed by atoms with Crippen LogP contribution in [0.4, 0.5) is 0 Å². The lowest BCUT2D eigenvalue weighted by atomic mass is 9.69. The lowest BCUT2D eigenvalue weighted by Crippen LogP contribution is -2.31. The number of fused-ring (bicyclic) bond motifs is 10. The van der Waals surface area contributed by atoms with Gasteiger partial charge in [-0.25, -0.2) is 0 Å². The van der Waals surface area contributed by atoms with E-state index in [4.69, 9.17) is 0 Å². The van der Waals surface area contributed by atoms with Crippen LogP contribution in [0.3, 0.4) is 0 Å². The third-order valence-corrected chi connectivity index (χ3v) is 12.0. The summed E-state index contributed by atoms with van der Waals surface area (Å²) in [6.07, 6.45) is 0. The van der Waals surface area contributed by atoms with E-state index in [1.165, 1.54) is 99.5 Å². The van der Waals surface area contributed by atoms with Gasteiger partial charge in [0, 0.05) is 32.4 Å². The minimum Gasteiger partial charge on any atom is -0.309 e. The Hall–Kier alpha value is -5.86. The Morgan fingerprint density at radius 1 is 0.340 bits per heavy atom. The summed E-state index contributed by atoms with van der Waals surface area (Å²) in [6, 6.07) is 54.5. The van der Waals surface area contributed by atoms with Crippen molar-refractivity contribution in [2.24, 2.45) is 0 Å². The molecule has 0 unspecified atom stereocenters. The zero-order valence-corrected chi connectivity index (χ0v) is 28.8.